The number of hydrogen-bond acceptors (Lipinski definition) is 4. The maximum Gasteiger partial charge on any atom is 0.253 e. The van der Waals surface area contributed by atoms with Crippen molar-refractivity contribution < 1.29 is 14.3 Å². The van der Waals surface area contributed by atoms with Gasteiger partial charge in [0.2, 0.25) is 0 Å². The van der Waals surface area contributed by atoms with Crippen LogP contribution in [0.15, 0.2) is 24.3 Å². The zero-order valence-electron chi connectivity index (χ0n) is 13.0. The highest BCUT2D eigenvalue weighted by molar-refractivity contribution is 5.99. The number of para-hydroxylation sites is 1. The molecule has 0 spiro atoms. The van der Waals surface area contributed by atoms with Crippen LogP contribution in [0.25, 0.3) is 0 Å². The number of benzene rings is 1. The molecule has 0 aliphatic rings. The van der Waals surface area contributed by atoms with Gasteiger partial charge in [-0.1, -0.05) is 12.1 Å². The molecule has 0 radical (unpaired) electrons. The van der Waals surface area contributed by atoms with Crippen LogP contribution in [-0.2, 0) is 9.47 Å². The van der Waals surface area contributed by atoms with Gasteiger partial charge in [-0.15, -0.1) is 0 Å². The molecule has 1 aromatic rings. The third-order valence-electron chi connectivity index (χ3n) is 2.97. The van der Waals surface area contributed by atoms with Crippen LogP contribution in [0.4, 0.5) is 5.69 Å². The van der Waals surface area contributed by atoms with Crippen LogP contribution in [-0.4, -0.2) is 45.9 Å². The number of amides is 1. The summed E-state index contributed by atoms with van der Waals surface area (Å²) >= 11 is 0. The number of hydrogen-bond donors (Lipinski definition) is 2. The molecule has 0 aliphatic heterocycles. The first kappa shape index (κ1) is 17.5. The first-order valence-electron chi connectivity index (χ1n) is 7.47. The second-order valence-electron chi connectivity index (χ2n) is 4.64. The van der Waals surface area contributed by atoms with E-state index in [1.165, 1.54) is 0 Å². The summed E-state index contributed by atoms with van der Waals surface area (Å²) in [6.07, 6.45) is 1.83. The largest absolute Gasteiger partial charge is 0.385 e. The van der Waals surface area contributed by atoms with Crippen LogP contribution in [0, 0.1) is 0 Å². The van der Waals surface area contributed by atoms with Gasteiger partial charge in [0.05, 0.1) is 18.8 Å². The van der Waals surface area contributed by atoms with E-state index in [0.29, 0.717) is 31.9 Å². The lowest BCUT2D eigenvalue weighted by molar-refractivity contribution is 0.0686. The van der Waals surface area contributed by atoms with Gasteiger partial charge in [-0.25, -0.2) is 0 Å². The Labute approximate surface area is 127 Å². The van der Waals surface area contributed by atoms with Crippen LogP contribution in [0.1, 0.15) is 30.1 Å². The molecule has 0 fully saturated rings. The molecule has 0 heterocycles. The average molecular weight is 294 g/mol. The first-order chi connectivity index (χ1) is 10.3. The average Bonchev–Trinajstić information content (AvgIpc) is 2.50. The highest BCUT2D eigenvalue weighted by Crippen LogP contribution is 2.14. The van der Waals surface area contributed by atoms with E-state index in [-0.39, 0.29) is 5.91 Å². The van der Waals surface area contributed by atoms with Gasteiger partial charge in [0, 0.05) is 32.5 Å². The molecule has 0 unspecified atom stereocenters. The van der Waals surface area contributed by atoms with Gasteiger partial charge in [0.15, 0.2) is 0 Å². The lowest BCUT2D eigenvalue weighted by atomic mass is 10.1. The molecule has 118 valence electrons. The molecular weight excluding hydrogens is 268 g/mol. The Morgan fingerprint density at radius 2 is 1.95 bits per heavy atom. The third-order valence-corrected chi connectivity index (χ3v) is 2.97. The van der Waals surface area contributed by atoms with E-state index in [4.69, 9.17) is 9.47 Å². The summed E-state index contributed by atoms with van der Waals surface area (Å²) in [6, 6.07) is 7.55. The highest BCUT2D eigenvalue weighted by atomic mass is 16.5. The molecule has 0 saturated carbocycles. The molecule has 1 amide bonds. The topological polar surface area (TPSA) is 59.6 Å². The Kier molecular flexibility index (Phi) is 9.24. The maximum atomic E-state index is 12.1. The quantitative estimate of drug-likeness (QED) is 0.615. The Hall–Kier alpha value is -1.59. The summed E-state index contributed by atoms with van der Waals surface area (Å²) in [4.78, 5) is 12.1. The Balaban J connectivity index is 2.22. The van der Waals surface area contributed by atoms with Gasteiger partial charge in [0.1, 0.15) is 0 Å². The van der Waals surface area contributed by atoms with Crippen molar-refractivity contribution in [2.45, 2.75) is 19.8 Å². The molecule has 0 saturated heterocycles. The molecule has 0 aliphatic carbocycles. The molecule has 2 N–H and O–H groups in total. The number of nitrogens with one attached hydrogen (secondary N) is 2. The number of methoxy groups -OCH3 is 1. The van der Waals surface area contributed by atoms with E-state index in [0.717, 1.165) is 25.1 Å². The second kappa shape index (κ2) is 11.1. The molecule has 5 nitrogen and oxygen atoms in total. The summed E-state index contributed by atoms with van der Waals surface area (Å²) in [7, 11) is 1.66. The van der Waals surface area contributed by atoms with E-state index >= 15 is 0 Å². The molecule has 1 aromatic carbocycles. The summed E-state index contributed by atoms with van der Waals surface area (Å²) in [6.45, 7) is 5.42. The summed E-state index contributed by atoms with van der Waals surface area (Å²) in [5.41, 5.74) is 1.57. The minimum atomic E-state index is -0.0353. The molecule has 0 bridgehead atoms. The van der Waals surface area contributed by atoms with Crippen molar-refractivity contribution in [3.05, 3.63) is 29.8 Å². The lowest BCUT2D eigenvalue weighted by Crippen LogP contribution is -2.25. The van der Waals surface area contributed by atoms with E-state index in [2.05, 4.69) is 10.6 Å². The first-order valence-corrected chi connectivity index (χ1v) is 7.47. The fourth-order valence-corrected chi connectivity index (χ4v) is 1.90. The minimum Gasteiger partial charge on any atom is -0.385 e. The number of ether oxygens (including phenoxy) is 2. The maximum absolute atomic E-state index is 12.1. The van der Waals surface area contributed by atoms with E-state index in [1.54, 1.807) is 7.11 Å². The minimum absolute atomic E-state index is 0.0353. The second-order valence-corrected chi connectivity index (χ2v) is 4.64. The van der Waals surface area contributed by atoms with Gasteiger partial charge in [-0.05, 0) is 31.9 Å². The smallest absolute Gasteiger partial charge is 0.253 e. The van der Waals surface area contributed by atoms with Gasteiger partial charge < -0.3 is 20.1 Å². The molecule has 1 rings (SSSR count). The number of anilines is 1. The van der Waals surface area contributed by atoms with Gasteiger partial charge in [-0.3, -0.25) is 4.79 Å². The van der Waals surface area contributed by atoms with Crippen LogP contribution in [0.2, 0.25) is 0 Å². The molecule has 5 heteroatoms. The number of unbranched alkanes of at least 4 members (excludes halogenated alkanes) is 1. The molecule has 0 aromatic heterocycles. The third kappa shape index (κ3) is 7.11. The van der Waals surface area contributed by atoms with Crippen molar-refractivity contribution in [3.63, 3.8) is 0 Å². The Morgan fingerprint density at radius 3 is 2.71 bits per heavy atom. The standard InChI is InChI=1S/C16H26N2O3/c1-3-17-15-9-5-4-8-14(15)16(19)18-10-6-7-11-21-13-12-20-2/h4-5,8-9,17H,3,6-7,10-13H2,1-2H3,(H,18,19). The predicted octanol–water partition coefficient (Wildman–Crippen LogP) is 2.29. The van der Waals surface area contributed by atoms with Crippen molar-refractivity contribution in [1.29, 1.82) is 0 Å². The van der Waals surface area contributed by atoms with E-state index in [9.17, 15) is 4.79 Å². The number of carbonyl (C=O) groups is 1. The number of rotatable bonds is 11. The fraction of sp³-hybridized carbons (Fsp3) is 0.562. The van der Waals surface area contributed by atoms with Crippen LogP contribution in [0.3, 0.4) is 0 Å². The van der Waals surface area contributed by atoms with Crippen LogP contribution >= 0.6 is 0 Å². The van der Waals surface area contributed by atoms with E-state index < -0.39 is 0 Å². The number of carbonyl (C=O) groups excluding carboxylic acids is 1. The van der Waals surface area contributed by atoms with Crippen molar-refractivity contribution in [3.8, 4) is 0 Å². The highest BCUT2D eigenvalue weighted by Gasteiger charge is 2.09. The Morgan fingerprint density at radius 1 is 1.14 bits per heavy atom. The van der Waals surface area contributed by atoms with Crippen molar-refractivity contribution in [2.24, 2.45) is 0 Å². The zero-order valence-corrected chi connectivity index (χ0v) is 13.0. The fourth-order valence-electron chi connectivity index (χ4n) is 1.90. The summed E-state index contributed by atoms with van der Waals surface area (Å²) in [5, 5.41) is 6.14. The van der Waals surface area contributed by atoms with Crippen LogP contribution in [0.5, 0.6) is 0 Å². The monoisotopic (exact) mass is 294 g/mol. The van der Waals surface area contributed by atoms with Crippen LogP contribution < -0.4 is 10.6 Å². The predicted molar refractivity (Wildman–Crippen MR) is 84.9 cm³/mol. The van der Waals surface area contributed by atoms with Crippen molar-refractivity contribution in [2.75, 3.05) is 45.3 Å². The lowest BCUT2D eigenvalue weighted by Gasteiger charge is -2.11. The summed E-state index contributed by atoms with van der Waals surface area (Å²) in [5.74, 6) is -0.0353. The molecule has 0 atom stereocenters. The Bertz CT molecular complexity index is 410. The SMILES string of the molecule is CCNc1ccccc1C(=O)NCCCCOCCOC. The van der Waals surface area contributed by atoms with Gasteiger partial charge in [-0.2, -0.15) is 0 Å². The molecule has 21 heavy (non-hydrogen) atoms. The molecular formula is C16H26N2O3. The van der Waals surface area contributed by atoms with E-state index in [1.807, 2.05) is 31.2 Å². The van der Waals surface area contributed by atoms with Gasteiger partial charge >= 0.3 is 0 Å². The van der Waals surface area contributed by atoms with Gasteiger partial charge in [0.25, 0.3) is 5.91 Å². The normalized spacial score (nSPS) is 10.4. The summed E-state index contributed by atoms with van der Waals surface area (Å²) < 4.78 is 10.3. The van der Waals surface area contributed by atoms with Crippen molar-refractivity contribution >= 4 is 11.6 Å². The zero-order chi connectivity index (χ0) is 15.3. The van der Waals surface area contributed by atoms with Crippen molar-refractivity contribution in [1.82, 2.24) is 5.32 Å².